The summed E-state index contributed by atoms with van der Waals surface area (Å²) in [6.07, 6.45) is 3.76. The molecule has 0 saturated heterocycles. The van der Waals surface area contributed by atoms with Crippen molar-refractivity contribution in [1.82, 2.24) is 14.7 Å². The summed E-state index contributed by atoms with van der Waals surface area (Å²) >= 11 is 0. The normalized spacial score (nSPS) is 10.6. The summed E-state index contributed by atoms with van der Waals surface area (Å²) in [7, 11) is 3.50. The lowest BCUT2D eigenvalue weighted by Crippen LogP contribution is -2.18. The molecule has 0 saturated carbocycles. The molecule has 1 amide bonds. The second-order valence-corrected chi connectivity index (χ2v) is 4.66. The fraction of sp³-hybridized carbons (Fsp3) is 0.125. The van der Waals surface area contributed by atoms with Crippen LogP contribution in [0.3, 0.4) is 0 Å². The van der Waals surface area contributed by atoms with Crippen LogP contribution in [-0.4, -0.2) is 29.4 Å². The number of carbonyl (C=O) groups is 1. The van der Waals surface area contributed by atoms with Crippen LogP contribution in [0.5, 0.6) is 0 Å². The van der Waals surface area contributed by atoms with E-state index < -0.39 is 0 Å². The van der Waals surface area contributed by atoms with Gasteiger partial charge in [-0.2, -0.15) is 0 Å². The highest BCUT2D eigenvalue weighted by Gasteiger charge is 2.14. The molecule has 5 nitrogen and oxygen atoms in total. The number of aromatic nitrogens is 2. The van der Waals surface area contributed by atoms with Gasteiger partial charge in [0.25, 0.3) is 5.91 Å². The molecule has 0 fully saturated rings. The van der Waals surface area contributed by atoms with E-state index in [0.29, 0.717) is 5.56 Å². The lowest BCUT2D eigenvalue weighted by Gasteiger charge is -2.09. The molecule has 0 radical (unpaired) electrons. The number of imidazole rings is 1. The van der Waals surface area contributed by atoms with Gasteiger partial charge in [0.05, 0.1) is 17.6 Å². The summed E-state index contributed by atoms with van der Waals surface area (Å²) < 4.78 is 1.98. The van der Waals surface area contributed by atoms with E-state index in [0.717, 1.165) is 22.6 Å². The highest BCUT2D eigenvalue weighted by atomic mass is 16.1. The Labute approximate surface area is 122 Å². The molecule has 0 unspecified atom stereocenters. The number of anilines is 1. The minimum atomic E-state index is -0.106. The Morgan fingerprint density at radius 3 is 2.71 bits per heavy atom. The Hall–Kier alpha value is -2.82. The Kier molecular flexibility index (Phi) is 3.31. The average molecular weight is 280 g/mol. The van der Waals surface area contributed by atoms with Gasteiger partial charge < -0.3 is 10.6 Å². The van der Waals surface area contributed by atoms with Crippen LogP contribution in [0.2, 0.25) is 0 Å². The third-order valence-corrected chi connectivity index (χ3v) is 3.47. The first-order valence-electron chi connectivity index (χ1n) is 6.71. The summed E-state index contributed by atoms with van der Waals surface area (Å²) in [6.45, 7) is 0. The standard InChI is InChI=1S/C16H16N4O/c1-17-11-7-8-15-19-9-14(20(15)10-11)12-5-3-4-6-13(12)16(21)18-2/h3-10,17H,1-2H3,(H,18,21). The third kappa shape index (κ3) is 2.23. The topological polar surface area (TPSA) is 58.4 Å². The number of nitrogens with one attached hydrogen (secondary N) is 2. The second-order valence-electron chi connectivity index (χ2n) is 4.66. The second kappa shape index (κ2) is 5.28. The predicted octanol–water partition coefficient (Wildman–Crippen LogP) is 2.40. The molecule has 106 valence electrons. The molecule has 5 heteroatoms. The van der Waals surface area contributed by atoms with Crippen molar-refractivity contribution >= 4 is 17.2 Å². The quantitative estimate of drug-likeness (QED) is 0.774. The van der Waals surface area contributed by atoms with Crippen LogP contribution in [0.1, 0.15) is 10.4 Å². The number of carbonyl (C=O) groups excluding carboxylic acids is 1. The maximum Gasteiger partial charge on any atom is 0.251 e. The van der Waals surface area contributed by atoms with Gasteiger partial charge in [-0.1, -0.05) is 18.2 Å². The van der Waals surface area contributed by atoms with Gasteiger partial charge in [-0.15, -0.1) is 0 Å². The van der Waals surface area contributed by atoms with E-state index in [9.17, 15) is 4.79 Å². The fourth-order valence-corrected chi connectivity index (χ4v) is 2.37. The maximum atomic E-state index is 12.0. The number of hydrogen-bond acceptors (Lipinski definition) is 3. The maximum absolute atomic E-state index is 12.0. The molecule has 3 aromatic rings. The molecular formula is C16H16N4O. The van der Waals surface area contributed by atoms with Gasteiger partial charge in [-0.05, 0) is 18.2 Å². The van der Waals surface area contributed by atoms with Crippen LogP contribution in [0.15, 0.2) is 48.8 Å². The van der Waals surface area contributed by atoms with Crippen LogP contribution >= 0.6 is 0 Å². The Morgan fingerprint density at radius 2 is 1.95 bits per heavy atom. The molecule has 2 N–H and O–H groups in total. The summed E-state index contributed by atoms with van der Waals surface area (Å²) in [6, 6.07) is 11.4. The average Bonchev–Trinajstić information content (AvgIpc) is 2.96. The molecule has 1 aromatic carbocycles. The minimum absolute atomic E-state index is 0.106. The van der Waals surface area contributed by atoms with E-state index in [-0.39, 0.29) is 5.91 Å². The summed E-state index contributed by atoms with van der Waals surface area (Å²) in [5.74, 6) is -0.106. The number of rotatable bonds is 3. The molecule has 3 rings (SSSR count). The van der Waals surface area contributed by atoms with Gasteiger partial charge in [0.1, 0.15) is 5.65 Å². The van der Waals surface area contributed by atoms with Gasteiger partial charge in [-0.3, -0.25) is 9.20 Å². The molecule has 0 atom stereocenters. The van der Waals surface area contributed by atoms with Crippen molar-refractivity contribution in [3.05, 3.63) is 54.4 Å². The van der Waals surface area contributed by atoms with Gasteiger partial charge in [-0.25, -0.2) is 4.98 Å². The van der Waals surface area contributed by atoms with Crippen LogP contribution in [0.4, 0.5) is 5.69 Å². The number of amides is 1. The molecule has 0 aliphatic heterocycles. The number of pyridine rings is 1. The van der Waals surface area contributed by atoms with Crippen molar-refractivity contribution in [1.29, 1.82) is 0 Å². The first-order valence-corrected chi connectivity index (χ1v) is 6.71. The van der Waals surface area contributed by atoms with Crippen molar-refractivity contribution < 1.29 is 4.79 Å². The van der Waals surface area contributed by atoms with E-state index in [1.54, 1.807) is 13.2 Å². The predicted molar refractivity (Wildman–Crippen MR) is 83.6 cm³/mol. The van der Waals surface area contributed by atoms with Gasteiger partial charge in [0.15, 0.2) is 0 Å². The highest BCUT2D eigenvalue weighted by molar-refractivity contribution is 6.00. The van der Waals surface area contributed by atoms with Crippen molar-refractivity contribution in [2.45, 2.75) is 0 Å². The number of fused-ring (bicyclic) bond motifs is 1. The third-order valence-electron chi connectivity index (χ3n) is 3.47. The molecule has 2 aromatic heterocycles. The number of nitrogens with zero attached hydrogens (tertiary/aromatic N) is 2. The van der Waals surface area contributed by atoms with E-state index in [1.807, 2.05) is 54.0 Å². The summed E-state index contributed by atoms with van der Waals surface area (Å²) in [4.78, 5) is 16.4. The molecule has 2 heterocycles. The Bertz CT molecular complexity index is 807. The molecule has 0 aliphatic rings. The van der Waals surface area contributed by atoms with Crippen LogP contribution in [-0.2, 0) is 0 Å². The zero-order valence-corrected chi connectivity index (χ0v) is 11.9. The SMILES string of the molecule is CNC(=O)c1ccccc1-c1cnc2ccc(NC)cn12. The Balaban J connectivity index is 2.23. The van der Waals surface area contributed by atoms with Crippen LogP contribution in [0.25, 0.3) is 16.9 Å². The van der Waals surface area contributed by atoms with E-state index in [2.05, 4.69) is 15.6 Å². The van der Waals surface area contributed by atoms with Gasteiger partial charge in [0, 0.05) is 31.4 Å². The van der Waals surface area contributed by atoms with Gasteiger partial charge >= 0.3 is 0 Å². The lowest BCUT2D eigenvalue weighted by atomic mass is 10.0. The summed E-state index contributed by atoms with van der Waals surface area (Å²) in [5.41, 5.74) is 4.21. The van der Waals surface area contributed by atoms with Crippen LogP contribution in [0, 0.1) is 0 Å². The highest BCUT2D eigenvalue weighted by Crippen LogP contribution is 2.25. The first-order chi connectivity index (χ1) is 10.2. The fourth-order valence-electron chi connectivity index (χ4n) is 2.37. The monoisotopic (exact) mass is 280 g/mol. The van der Waals surface area contributed by atoms with E-state index >= 15 is 0 Å². The molecular weight excluding hydrogens is 264 g/mol. The molecule has 0 aliphatic carbocycles. The van der Waals surface area contributed by atoms with Gasteiger partial charge in [0.2, 0.25) is 0 Å². The minimum Gasteiger partial charge on any atom is -0.387 e. The zero-order valence-electron chi connectivity index (χ0n) is 11.9. The van der Waals surface area contributed by atoms with Crippen molar-refractivity contribution in [3.8, 4) is 11.3 Å². The van der Waals surface area contributed by atoms with E-state index in [4.69, 9.17) is 0 Å². The molecule has 0 bridgehead atoms. The van der Waals surface area contributed by atoms with E-state index in [1.165, 1.54) is 0 Å². The zero-order chi connectivity index (χ0) is 14.8. The molecule has 0 spiro atoms. The lowest BCUT2D eigenvalue weighted by molar-refractivity contribution is 0.0963. The Morgan fingerprint density at radius 1 is 1.14 bits per heavy atom. The summed E-state index contributed by atoms with van der Waals surface area (Å²) in [5, 5.41) is 5.78. The van der Waals surface area contributed by atoms with Crippen molar-refractivity contribution in [2.75, 3.05) is 19.4 Å². The smallest absolute Gasteiger partial charge is 0.251 e. The number of hydrogen-bond donors (Lipinski definition) is 2. The first kappa shape index (κ1) is 13.2. The number of benzene rings is 1. The largest absolute Gasteiger partial charge is 0.387 e. The van der Waals surface area contributed by atoms with Crippen molar-refractivity contribution in [2.24, 2.45) is 0 Å². The van der Waals surface area contributed by atoms with Crippen molar-refractivity contribution in [3.63, 3.8) is 0 Å². The van der Waals surface area contributed by atoms with Crippen LogP contribution < -0.4 is 10.6 Å². The molecule has 21 heavy (non-hydrogen) atoms.